The van der Waals surface area contributed by atoms with Gasteiger partial charge in [-0.15, -0.1) is 11.3 Å². The molecule has 6 nitrogen and oxygen atoms in total. The Bertz CT molecular complexity index is 1080. The van der Waals surface area contributed by atoms with Crippen LogP contribution in [0.25, 0.3) is 21.7 Å². The molecular formula is C23H24N4O2S. The minimum Gasteiger partial charge on any atom is -0.497 e. The van der Waals surface area contributed by atoms with Gasteiger partial charge in [0.25, 0.3) is 0 Å². The predicted molar refractivity (Wildman–Crippen MR) is 119 cm³/mol. The lowest BCUT2D eigenvalue weighted by Gasteiger charge is -2.33. The molecule has 0 atom stereocenters. The molecule has 0 aliphatic carbocycles. The maximum atomic E-state index is 5.70. The lowest BCUT2D eigenvalue weighted by atomic mass is 10.2. The highest BCUT2D eigenvalue weighted by Crippen LogP contribution is 2.24. The number of thiazole rings is 1. The van der Waals surface area contributed by atoms with Gasteiger partial charge in [0.05, 0.1) is 29.6 Å². The summed E-state index contributed by atoms with van der Waals surface area (Å²) >= 11 is 1.80. The van der Waals surface area contributed by atoms with E-state index in [1.165, 1.54) is 9.71 Å². The fraction of sp³-hybridized carbons (Fsp3) is 0.304. The van der Waals surface area contributed by atoms with Crippen molar-refractivity contribution in [3.63, 3.8) is 0 Å². The van der Waals surface area contributed by atoms with Gasteiger partial charge in [-0.25, -0.2) is 9.97 Å². The lowest BCUT2D eigenvalue weighted by Crippen LogP contribution is -2.45. The first-order chi connectivity index (χ1) is 14.8. The van der Waals surface area contributed by atoms with Crippen LogP contribution >= 0.6 is 11.3 Å². The fourth-order valence-electron chi connectivity index (χ4n) is 3.76. The predicted octanol–water partition coefficient (Wildman–Crippen LogP) is 4.28. The zero-order valence-corrected chi connectivity index (χ0v) is 17.8. The molecular weight excluding hydrogens is 396 g/mol. The van der Waals surface area contributed by atoms with Gasteiger partial charge < -0.3 is 9.15 Å². The standard InChI is InChI=1S/C23H24N4O2S/c1-28-19-8-6-17(7-9-19)23-24-18(16-29-23)14-26-10-12-27(13-11-26)15-22-25-20-4-2-3-5-21(20)30-22/h2-9,16H,10-15H2,1H3. The molecule has 1 aliphatic rings. The normalized spacial score (nSPS) is 15.6. The van der Waals surface area contributed by atoms with Crippen molar-refractivity contribution >= 4 is 21.6 Å². The SMILES string of the molecule is COc1ccc(-c2nc(CN3CCN(Cc4nc5ccccc5s4)CC3)co2)cc1. The number of benzene rings is 2. The Morgan fingerprint density at radius 2 is 1.67 bits per heavy atom. The quantitative estimate of drug-likeness (QED) is 0.464. The highest BCUT2D eigenvalue weighted by molar-refractivity contribution is 7.18. The van der Waals surface area contributed by atoms with Crippen LogP contribution in [0.3, 0.4) is 0 Å². The fourth-order valence-corrected chi connectivity index (χ4v) is 4.77. The molecule has 5 rings (SSSR count). The molecule has 1 fully saturated rings. The zero-order chi connectivity index (χ0) is 20.3. The Labute approximate surface area is 179 Å². The van der Waals surface area contributed by atoms with Crippen molar-refractivity contribution < 1.29 is 9.15 Å². The van der Waals surface area contributed by atoms with Gasteiger partial charge in [-0.2, -0.15) is 0 Å². The summed E-state index contributed by atoms with van der Waals surface area (Å²) in [4.78, 5) is 14.4. The van der Waals surface area contributed by atoms with E-state index in [0.29, 0.717) is 5.89 Å². The highest BCUT2D eigenvalue weighted by Gasteiger charge is 2.19. The van der Waals surface area contributed by atoms with E-state index in [2.05, 4.69) is 39.0 Å². The van der Waals surface area contributed by atoms with Crippen molar-refractivity contribution in [2.24, 2.45) is 0 Å². The van der Waals surface area contributed by atoms with Crippen molar-refractivity contribution in [2.75, 3.05) is 33.3 Å². The van der Waals surface area contributed by atoms with Crippen molar-refractivity contribution in [3.8, 4) is 17.2 Å². The minimum atomic E-state index is 0.655. The van der Waals surface area contributed by atoms with Crippen molar-refractivity contribution in [1.82, 2.24) is 19.8 Å². The maximum absolute atomic E-state index is 5.70. The Hall–Kier alpha value is -2.74. The smallest absolute Gasteiger partial charge is 0.226 e. The third-order valence-electron chi connectivity index (χ3n) is 5.44. The second-order valence-electron chi connectivity index (χ2n) is 7.50. The van der Waals surface area contributed by atoms with Crippen molar-refractivity contribution in [1.29, 1.82) is 0 Å². The number of ether oxygens (including phenoxy) is 1. The summed E-state index contributed by atoms with van der Waals surface area (Å²) in [7, 11) is 1.66. The molecule has 154 valence electrons. The van der Waals surface area contributed by atoms with Crippen LogP contribution in [0, 0.1) is 0 Å². The topological polar surface area (TPSA) is 54.6 Å². The van der Waals surface area contributed by atoms with Crippen LogP contribution in [-0.2, 0) is 13.1 Å². The van der Waals surface area contributed by atoms with Crippen LogP contribution in [0.4, 0.5) is 0 Å². The Morgan fingerprint density at radius 1 is 0.933 bits per heavy atom. The molecule has 0 unspecified atom stereocenters. The van der Waals surface area contributed by atoms with Crippen LogP contribution in [0.15, 0.2) is 59.2 Å². The lowest BCUT2D eigenvalue weighted by molar-refractivity contribution is 0.121. The molecule has 0 spiro atoms. The molecule has 2 aromatic heterocycles. The van der Waals surface area contributed by atoms with Crippen LogP contribution < -0.4 is 4.74 Å². The minimum absolute atomic E-state index is 0.655. The van der Waals surface area contributed by atoms with Gasteiger partial charge >= 0.3 is 0 Å². The molecule has 0 saturated carbocycles. The van der Waals surface area contributed by atoms with Crippen LogP contribution in [0.1, 0.15) is 10.7 Å². The highest BCUT2D eigenvalue weighted by atomic mass is 32.1. The molecule has 4 aromatic rings. The van der Waals surface area contributed by atoms with E-state index in [0.717, 1.165) is 61.8 Å². The molecule has 30 heavy (non-hydrogen) atoms. The third-order valence-corrected chi connectivity index (χ3v) is 6.46. The number of methoxy groups -OCH3 is 1. The summed E-state index contributed by atoms with van der Waals surface area (Å²) in [5.74, 6) is 1.48. The largest absolute Gasteiger partial charge is 0.497 e. The Kier molecular flexibility index (Phi) is 5.48. The number of fused-ring (bicyclic) bond motifs is 1. The third kappa shape index (κ3) is 4.23. The van der Waals surface area contributed by atoms with Gasteiger partial charge in [-0.05, 0) is 36.4 Å². The number of nitrogens with zero attached hydrogens (tertiary/aromatic N) is 4. The first kappa shape index (κ1) is 19.2. The summed E-state index contributed by atoms with van der Waals surface area (Å²) in [6.07, 6.45) is 1.77. The second kappa shape index (κ2) is 8.55. The summed E-state index contributed by atoms with van der Waals surface area (Å²) in [6.45, 7) is 5.87. The van der Waals surface area contributed by atoms with Gasteiger partial charge in [0.15, 0.2) is 0 Å². The first-order valence-corrected chi connectivity index (χ1v) is 11.0. The molecule has 0 N–H and O–H groups in total. The van der Waals surface area contributed by atoms with Crippen molar-refractivity contribution in [2.45, 2.75) is 13.1 Å². The summed E-state index contributed by atoms with van der Waals surface area (Å²) in [5, 5.41) is 1.20. The van der Waals surface area contributed by atoms with Gasteiger partial charge in [-0.3, -0.25) is 9.80 Å². The summed E-state index contributed by atoms with van der Waals surface area (Å²) < 4.78 is 12.2. The molecule has 0 amide bonds. The van der Waals surface area contributed by atoms with Crippen LogP contribution in [-0.4, -0.2) is 53.1 Å². The molecule has 1 saturated heterocycles. The van der Waals surface area contributed by atoms with Crippen LogP contribution in [0.5, 0.6) is 5.75 Å². The van der Waals surface area contributed by atoms with Gasteiger partial charge in [0.2, 0.25) is 5.89 Å². The molecule has 7 heteroatoms. The zero-order valence-electron chi connectivity index (χ0n) is 17.0. The summed E-state index contributed by atoms with van der Waals surface area (Å²) in [5.41, 5.74) is 3.04. The second-order valence-corrected chi connectivity index (χ2v) is 8.62. The molecule has 2 aromatic carbocycles. The van der Waals surface area contributed by atoms with E-state index < -0.39 is 0 Å². The number of oxazole rings is 1. The number of piperazine rings is 1. The molecule has 1 aliphatic heterocycles. The molecule has 0 bridgehead atoms. The molecule has 0 radical (unpaired) electrons. The Morgan fingerprint density at radius 3 is 2.40 bits per heavy atom. The number of para-hydroxylation sites is 1. The van der Waals surface area contributed by atoms with E-state index >= 15 is 0 Å². The average Bonchev–Trinajstić information content (AvgIpc) is 3.41. The van der Waals surface area contributed by atoms with Gasteiger partial charge in [-0.1, -0.05) is 12.1 Å². The monoisotopic (exact) mass is 420 g/mol. The number of rotatable bonds is 6. The Balaban J connectivity index is 1.15. The number of hydrogen-bond acceptors (Lipinski definition) is 7. The van der Waals surface area contributed by atoms with E-state index in [-0.39, 0.29) is 0 Å². The van der Waals surface area contributed by atoms with E-state index in [4.69, 9.17) is 14.1 Å². The summed E-state index contributed by atoms with van der Waals surface area (Å²) in [6, 6.07) is 16.1. The van der Waals surface area contributed by atoms with Gasteiger partial charge in [0, 0.05) is 38.3 Å². The molecule has 3 heterocycles. The average molecular weight is 421 g/mol. The van der Waals surface area contributed by atoms with Gasteiger partial charge in [0.1, 0.15) is 17.0 Å². The maximum Gasteiger partial charge on any atom is 0.226 e. The van der Waals surface area contributed by atoms with E-state index in [1.54, 1.807) is 24.7 Å². The number of hydrogen-bond donors (Lipinski definition) is 0. The van der Waals surface area contributed by atoms with E-state index in [1.807, 2.05) is 24.3 Å². The number of aromatic nitrogens is 2. The first-order valence-electron chi connectivity index (χ1n) is 10.1. The van der Waals surface area contributed by atoms with E-state index in [9.17, 15) is 0 Å². The van der Waals surface area contributed by atoms with Crippen molar-refractivity contribution in [3.05, 3.63) is 65.5 Å². The van der Waals surface area contributed by atoms with Crippen LogP contribution in [0.2, 0.25) is 0 Å².